The molecular formula is C19H35NO4. The number of ether oxygens (including phenoxy) is 3. The van der Waals surface area contributed by atoms with Gasteiger partial charge in [0, 0.05) is 25.8 Å². The number of amides is 1. The first-order chi connectivity index (χ1) is 11.7. The first kappa shape index (κ1) is 21.0. The molecule has 0 N–H and O–H groups in total. The molecule has 0 saturated carbocycles. The number of likely N-dealkylation sites (tertiary alicyclic amines) is 1. The molecule has 1 amide bonds. The fraction of sp³-hybridized carbons (Fsp3) is 0.842. The third-order valence-corrected chi connectivity index (χ3v) is 4.93. The van der Waals surface area contributed by atoms with Gasteiger partial charge in [0.25, 0.3) is 0 Å². The Morgan fingerprint density at radius 2 is 2.00 bits per heavy atom. The SMILES string of the molecule is C=CCCCC[C@H]1CC[C@H](C)[C@@H](CCCOCOC)N1C(=O)OC. The number of hydrogen-bond donors (Lipinski definition) is 0. The van der Waals surface area contributed by atoms with E-state index in [-0.39, 0.29) is 12.1 Å². The van der Waals surface area contributed by atoms with E-state index in [0.29, 0.717) is 25.4 Å². The average Bonchev–Trinajstić information content (AvgIpc) is 2.59. The Kier molecular flexibility index (Phi) is 10.8. The molecule has 0 aromatic carbocycles. The Bertz CT molecular complexity index is 361. The lowest BCUT2D eigenvalue weighted by atomic mass is 9.83. The maximum Gasteiger partial charge on any atom is 0.409 e. The smallest absolute Gasteiger partial charge is 0.409 e. The van der Waals surface area contributed by atoms with Crippen LogP contribution in [0.4, 0.5) is 4.79 Å². The van der Waals surface area contributed by atoms with E-state index in [1.165, 1.54) is 13.5 Å². The van der Waals surface area contributed by atoms with Crippen LogP contribution in [-0.4, -0.2) is 50.7 Å². The highest BCUT2D eigenvalue weighted by atomic mass is 16.7. The molecule has 0 unspecified atom stereocenters. The Balaban J connectivity index is 2.61. The number of unbranched alkanes of at least 4 members (excludes halogenated alkanes) is 2. The minimum Gasteiger partial charge on any atom is -0.453 e. The second-order valence-corrected chi connectivity index (χ2v) is 6.68. The molecule has 24 heavy (non-hydrogen) atoms. The molecule has 0 aromatic heterocycles. The highest BCUT2D eigenvalue weighted by molar-refractivity contribution is 5.68. The van der Waals surface area contributed by atoms with Crippen LogP contribution in [0.3, 0.4) is 0 Å². The van der Waals surface area contributed by atoms with Gasteiger partial charge in [-0.1, -0.05) is 19.4 Å². The van der Waals surface area contributed by atoms with Crippen LogP contribution in [0, 0.1) is 5.92 Å². The molecule has 140 valence electrons. The molecule has 3 atom stereocenters. The van der Waals surface area contributed by atoms with Crippen LogP contribution in [0.15, 0.2) is 12.7 Å². The number of hydrogen-bond acceptors (Lipinski definition) is 4. The van der Waals surface area contributed by atoms with Gasteiger partial charge < -0.3 is 19.1 Å². The summed E-state index contributed by atoms with van der Waals surface area (Å²) >= 11 is 0. The number of carbonyl (C=O) groups is 1. The zero-order chi connectivity index (χ0) is 17.8. The Morgan fingerprint density at radius 3 is 2.67 bits per heavy atom. The Hall–Kier alpha value is -1.07. The summed E-state index contributed by atoms with van der Waals surface area (Å²) < 4.78 is 15.4. The molecule has 0 aromatic rings. The maximum absolute atomic E-state index is 12.4. The summed E-state index contributed by atoms with van der Waals surface area (Å²) in [5, 5.41) is 0. The van der Waals surface area contributed by atoms with Crippen LogP contribution in [-0.2, 0) is 14.2 Å². The van der Waals surface area contributed by atoms with Crippen LogP contribution < -0.4 is 0 Å². The van der Waals surface area contributed by atoms with Crippen molar-refractivity contribution in [3.63, 3.8) is 0 Å². The lowest BCUT2D eigenvalue weighted by Crippen LogP contribution is -2.53. The first-order valence-corrected chi connectivity index (χ1v) is 9.19. The molecule has 1 rings (SSSR count). The van der Waals surface area contributed by atoms with Gasteiger partial charge in [0.1, 0.15) is 6.79 Å². The lowest BCUT2D eigenvalue weighted by molar-refractivity contribution is -0.0355. The predicted octanol–water partition coefficient (Wildman–Crippen LogP) is 4.37. The van der Waals surface area contributed by atoms with Crippen molar-refractivity contribution >= 4 is 6.09 Å². The van der Waals surface area contributed by atoms with Crippen LogP contribution in [0.2, 0.25) is 0 Å². The second-order valence-electron chi connectivity index (χ2n) is 6.68. The fourth-order valence-electron chi connectivity index (χ4n) is 3.63. The van der Waals surface area contributed by atoms with Crippen molar-refractivity contribution in [2.45, 2.75) is 70.4 Å². The molecule has 1 saturated heterocycles. The number of rotatable bonds is 11. The highest BCUT2D eigenvalue weighted by Gasteiger charge is 2.38. The van der Waals surface area contributed by atoms with Gasteiger partial charge in [-0.05, 0) is 50.9 Å². The Morgan fingerprint density at radius 1 is 1.21 bits per heavy atom. The molecule has 5 nitrogen and oxygen atoms in total. The van der Waals surface area contributed by atoms with E-state index >= 15 is 0 Å². The van der Waals surface area contributed by atoms with Gasteiger partial charge >= 0.3 is 6.09 Å². The quantitative estimate of drug-likeness (QED) is 0.318. The van der Waals surface area contributed by atoms with Gasteiger partial charge in [0.2, 0.25) is 0 Å². The third-order valence-electron chi connectivity index (χ3n) is 4.93. The molecule has 5 heteroatoms. The lowest BCUT2D eigenvalue weighted by Gasteiger charge is -2.45. The van der Waals surface area contributed by atoms with E-state index in [0.717, 1.165) is 44.9 Å². The summed E-state index contributed by atoms with van der Waals surface area (Å²) in [4.78, 5) is 14.4. The number of piperidine rings is 1. The van der Waals surface area contributed by atoms with Gasteiger partial charge in [-0.15, -0.1) is 6.58 Å². The van der Waals surface area contributed by atoms with Gasteiger partial charge in [-0.2, -0.15) is 0 Å². The van der Waals surface area contributed by atoms with Crippen molar-refractivity contribution in [2.75, 3.05) is 27.6 Å². The molecular weight excluding hydrogens is 306 g/mol. The predicted molar refractivity (Wildman–Crippen MR) is 95.9 cm³/mol. The van der Waals surface area contributed by atoms with E-state index in [9.17, 15) is 4.79 Å². The average molecular weight is 341 g/mol. The second kappa shape index (κ2) is 12.3. The molecule has 1 aliphatic heterocycles. The van der Waals surface area contributed by atoms with E-state index < -0.39 is 0 Å². The molecule has 1 heterocycles. The van der Waals surface area contributed by atoms with Gasteiger partial charge in [-0.25, -0.2) is 4.79 Å². The molecule has 1 aliphatic rings. The van der Waals surface area contributed by atoms with Crippen LogP contribution in [0.5, 0.6) is 0 Å². The zero-order valence-corrected chi connectivity index (χ0v) is 15.7. The largest absolute Gasteiger partial charge is 0.453 e. The minimum atomic E-state index is -0.182. The van der Waals surface area contributed by atoms with Crippen molar-refractivity contribution in [1.82, 2.24) is 4.90 Å². The van der Waals surface area contributed by atoms with E-state index in [1.807, 2.05) is 11.0 Å². The topological polar surface area (TPSA) is 48.0 Å². The highest BCUT2D eigenvalue weighted by Crippen LogP contribution is 2.33. The van der Waals surface area contributed by atoms with E-state index in [2.05, 4.69) is 13.5 Å². The Labute approximate surface area is 147 Å². The summed E-state index contributed by atoms with van der Waals surface area (Å²) in [7, 11) is 3.11. The van der Waals surface area contributed by atoms with Crippen LogP contribution in [0.1, 0.15) is 58.3 Å². The monoisotopic (exact) mass is 341 g/mol. The van der Waals surface area contributed by atoms with Crippen molar-refractivity contribution < 1.29 is 19.0 Å². The summed E-state index contributed by atoms with van der Waals surface area (Å²) in [5.74, 6) is 0.496. The van der Waals surface area contributed by atoms with Crippen molar-refractivity contribution in [1.29, 1.82) is 0 Å². The first-order valence-electron chi connectivity index (χ1n) is 9.19. The van der Waals surface area contributed by atoms with Crippen LogP contribution >= 0.6 is 0 Å². The number of nitrogens with zero attached hydrogens (tertiary/aromatic N) is 1. The summed E-state index contributed by atoms with van der Waals surface area (Å²) in [6.07, 6.45) is 10.3. The normalized spacial score (nSPS) is 24.0. The molecule has 0 aliphatic carbocycles. The van der Waals surface area contributed by atoms with Crippen LogP contribution in [0.25, 0.3) is 0 Å². The van der Waals surface area contributed by atoms with Gasteiger partial charge in [0.15, 0.2) is 0 Å². The number of allylic oxidation sites excluding steroid dienone is 1. The molecule has 0 bridgehead atoms. The molecule has 0 radical (unpaired) electrons. The molecule has 1 fully saturated rings. The van der Waals surface area contributed by atoms with Gasteiger partial charge in [-0.3, -0.25) is 0 Å². The van der Waals surface area contributed by atoms with Crippen molar-refractivity contribution in [2.24, 2.45) is 5.92 Å². The zero-order valence-electron chi connectivity index (χ0n) is 15.7. The standard InChI is InChI=1S/C19H35NO4/c1-5-6-7-8-10-17-13-12-16(2)18(20(17)19(21)23-4)11-9-14-24-15-22-3/h5,16-18H,1,6-15H2,2-4H3/t16-,17-,18+/m0/s1. The maximum atomic E-state index is 12.4. The van der Waals surface area contributed by atoms with Gasteiger partial charge in [0.05, 0.1) is 7.11 Å². The fourth-order valence-corrected chi connectivity index (χ4v) is 3.63. The minimum absolute atomic E-state index is 0.182. The molecule has 0 spiro atoms. The third kappa shape index (κ3) is 6.81. The summed E-state index contributed by atoms with van der Waals surface area (Å²) in [6, 6.07) is 0.533. The number of carbonyl (C=O) groups excluding carboxylic acids is 1. The van der Waals surface area contributed by atoms with E-state index in [1.54, 1.807) is 7.11 Å². The van der Waals surface area contributed by atoms with Crippen molar-refractivity contribution in [3.8, 4) is 0 Å². The number of methoxy groups -OCH3 is 2. The summed E-state index contributed by atoms with van der Waals surface area (Å²) in [5.41, 5.74) is 0. The van der Waals surface area contributed by atoms with Crippen molar-refractivity contribution in [3.05, 3.63) is 12.7 Å². The summed E-state index contributed by atoms with van der Waals surface area (Å²) in [6.45, 7) is 7.00. The van der Waals surface area contributed by atoms with E-state index in [4.69, 9.17) is 14.2 Å².